The highest BCUT2D eigenvalue weighted by Crippen LogP contribution is 2.42. The molecule has 0 unspecified atom stereocenters. The maximum atomic E-state index is 12.6. The number of carbonyl (C=O) groups is 2. The van der Waals surface area contributed by atoms with Gasteiger partial charge in [-0.25, -0.2) is 0 Å². The van der Waals surface area contributed by atoms with Crippen LogP contribution in [0.15, 0.2) is 30.3 Å². The Balaban J connectivity index is 1.57. The molecule has 1 aromatic heterocycles. The lowest BCUT2D eigenvalue weighted by Gasteiger charge is -2.16. The Bertz CT molecular complexity index is 799. The molecule has 1 fully saturated rings. The molecule has 24 heavy (non-hydrogen) atoms. The number of fused-ring (bicyclic) bond motifs is 3. The Morgan fingerprint density at radius 1 is 1.29 bits per heavy atom. The van der Waals surface area contributed by atoms with Crippen LogP contribution in [-0.4, -0.2) is 24.4 Å². The van der Waals surface area contributed by atoms with Crippen LogP contribution in [0.25, 0.3) is 10.4 Å². The van der Waals surface area contributed by atoms with Crippen molar-refractivity contribution in [2.45, 2.75) is 31.9 Å². The van der Waals surface area contributed by atoms with Gasteiger partial charge >= 0.3 is 0 Å². The van der Waals surface area contributed by atoms with Gasteiger partial charge in [-0.1, -0.05) is 12.1 Å². The predicted molar refractivity (Wildman–Crippen MR) is 92.2 cm³/mol. The van der Waals surface area contributed by atoms with E-state index in [1.54, 1.807) is 0 Å². The van der Waals surface area contributed by atoms with E-state index in [2.05, 4.69) is 10.6 Å². The number of nitrogens with one attached hydrogen (secondary N) is 2. The van der Waals surface area contributed by atoms with Crippen LogP contribution >= 0.6 is 11.3 Å². The van der Waals surface area contributed by atoms with Crippen molar-refractivity contribution in [3.05, 3.63) is 40.8 Å². The van der Waals surface area contributed by atoms with Gasteiger partial charge in [-0.15, -0.1) is 11.3 Å². The molecule has 1 aromatic carbocycles. The highest BCUT2D eigenvalue weighted by atomic mass is 32.1. The average molecular weight is 342 g/mol. The van der Waals surface area contributed by atoms with E-state index in [1.165, 1.54) is 11.3 Å². The molecule has 124 valence electrons. The van der Waals surface area contributed by atoms with E-state index in [0.717, 1.165) is 34.6 Å². The molecule has 2 aromatic rings. The van der Waals surface area contributed by atoms with E-state index >= 15 is 0 Å². The standard InChI is InChI=1S/C18H18N2O3S/c21-17-13(6-3-4-8-19-17)20-18(22)15-9-11-10-23-14-7-2-1-5-12(14)16(11)24-15/h1-2,5,7,9,13H,3-4,6,8,10H2,(H,19,21)(H,20,22)/t13-/m0/s1. The van der Waals surface area contributed by atoms with Crippen LogP contribution in [0, 0.1) is 0 Å². The SMILES string of the molecule is O=C(N[C@H]1CCCCNC1=O)c1cc2c(s1)-c1ccccc1OC2. The largest absolute Gasteiger partial charge is 0.488 e. The zero-order chi connectivity index (χ0) is 16.5. The van der Waals surface area contributed by atoms with Gasteiger partial charge in [0.1, 0.15) is 18.4 Å². The van der Waals surface area contributed by atoms with Crippen molar-refractivity contribution >= 4 is 23.2 Å². The van der Waals surface area contributed by atoms with Gasteiger partial charge < -0.3 is 15.4 Å². The first kappa shape index (κ1) is 15.2. The van der Waals surface area contributed by atoms with E-state index in [1.807, 2.05) is 30.3 Å². The summed E-state index contributed by atoms with van der Waals surface area (Å²) >= 11 is 1.46. The molecular formula is C18H18N2O3S. The van der Waals surface area contributed by atoms with Crippen molar-refractivity contribution in [3.8, 4) is 16.2 Å². The fourth-order valence-electron chi connectivity index (χ4n) is 3.12. The highest BCUT2D eigenvalue weighted by Gasteiger charge is 2.26. The van der Waals surface area contributed by atoms with Crippen molar-refractivity contribution in [1.29, 1.82) is 0 Å². The summed E-state index contributed by atoms with van der Waals surface area (Å²) in [4.78, 5) is 26.3. The van der Waals surface area contributed by atoms with Gasteiger partial charge in [0.25, 0.3) is 5.91 Å². The number of rotatable bonds is 2. The van der Waals surface area contributed by atoms with E-state index in [4.69, 9.17) is 4.74 Å². The molecule has 2 N–H and O–H groups in total. The van der Waals surface area contributed by atoms with E-state index in [-0.39, 0.29) is 11.8 Å². The van der Waals surface area contributed by atoms with Crippen molar-refractivity contribution in [2.24, 2.45) is 0 Å². The van der Waals surface area contributed by atoms with Crippen molar-refractivity contribution in [3.63, 3.8) is 0 Å². The molecule has 4 rings (SSSR count). The summed E-state index contributed by atoms with van der Waals surface area (Å²) in [5, 5.41) is 5.72. The Morgan fingerprint density at radius 2 is 2.17 bits per heavy atom. The third kappa shape index (κ3) is 2.78. The monoisotopic (exact) mass is 342 g/mol. The number of hydrogen-bond acceptors (Lipinski definition) is 4. The quantitative estimate of drug-likeness (QED) is 0.882. The van der Waals surface area contributed by atoms with Crippen LogP contribution in [0.5, 0.6) is 5.75 Å². The van der Waals surface area contributed by atoms with Crippen molar-refractivity contribution in [2.75, 3.05) is 6.54 Å². The molecular weight excluding hydrogens is 324 g/mol. The number of para-hydroxylation sites is 1. The molecule has 1 atom stereocenters. The fourth-order valence-corrected chi connectivity index (χ4v) is 4.22. The summed E-state index contributed by atoms with van der Waals surface area (Å²) in [6.07, 6.45) is 2.58. The van der Waals surface area contributed by atoms with Crippen LogP contribution in [0.1, 0.15) is 34.5 Å². The lowest BCUT2D eigenvalue weighted by molar-refractivity contribution is -0.122. The second-order valence-corrected chi connectivity index (χ2v) is 7.11. The lowest BCUT2D eigenvalue weighted by atomic mass is 10.1. The molecule has 0 bridgehead atoms. The summed E-state index contributed by atoms with van der Waals surface area (Å²) in [5.41, 5.74) is 2.05. The van der Waals surface area contributed by atoms with Crippen LogP contribution in [0.3, 0.4) is 0 Å². The van der Waals surface area contributed by atoms with E-state index in [0.29, 0.717) is 24.4 Å². The van der Waals surface area contributed by atoms with Gasteiger partial charge in [0, 0.05) is 22.5 Å². The molecule has 2 aliphatic rings. The number of ether oxygens (including phenoxy) is 1. The summed E-state index contributed by atoms with van der Waals surface area (Å²) in [5.74, 6) is 0.576. The Morgan fingerprint density at radius 3 is 3.08 bits per heavy atom. The molecule has 0 radical (unpaired) electrons. The third-order valence-electron chi connectivity index (χ3n) is 4.39. The molecule has 1 saturated heterocycles. The number of amides is 2. The van der Waals surface area contributed by atoms with E-state index < -0.39 is 6.04 Å². The number of hydrogen-bond donors (Lipinski definition) is 2. The van der Waals surface area contributed by atoms with Gasteiger partial charge in [0.2, 0.25) is 5.91 Å². The van der Waals surface area contributed by atoms with Crippen LogP contribution in [0.2, 0.25) is 0 Å². The predicted octanol–water partition coefficient (Wildman–Crippen LogP) is 2.71. The number of benzene rings is 1. The summed E-state index contributed by atoms with van der Waals surface area (Å²) in [7, 11) is 0. The van der Waals surface area contributed by atoms with Gasteiger partial charge in [-0.2, -0.15) is 0 Å². The first-order valence-electron chi connectivity index (χ1n) is 8.16. The number of thiophene rings is 1. The Kier molecular flexibility index (Phi) is 3.98. The zero-order valence-corrected chi connectivity index (χ0v) is 13.9. The van der Waals surface area contributed by atoms with Crippen molar-refractivity contribution in [1.82, 2.24) is 10.6 Å². The number of carbonyl (C=O) groups excluding carboxylic acids is 2. The van der Waals surface area contributed by atoms with E-state index in [9.17, 15) is 9.59 Å². The average Bonchev–Trinajstić information content (AvgIpc) is 2.95. The lowest BCUT2D eigenvalue weighted by Crippen LogP contribution is -2.45. The third-order valence-corrected chi connectivity index (χ3v) is 5.60. The highest BCUT2D eigenvalue weighted by molar-refractivity contribution is 7.17. The Labute approximate surface area is 144 Å². The molecule has 3 heterocycles. The maximum Gasteiger partial charge on any atom is 0.262 e. The molecule has 2 amide bonds. The van der Waals surface area contributed by atoms with Gasteiger partial charge in [0.05, 0.1) is 4.88 Å². The molecule has 2 aliphatic heterocycles. The zero-order valence-electron chi connectivity index (χ0n) is 13.1. The van der Waals surface area contributed by atoms with Gasteiger partial charge in [-0.3, -0.25) is 9.59 Å². The summed E-state index contributed by atoms with van der Waals surface area (Å²) in [6.45, 7) is 1.16. The normalized spacial score (nSPS) is 19.3. The van der Waals surface area contributed by atoms with Gasteiger partial charge in [0.15, 0.2) is 0 Å². The minimum atomic E-state index is -0.442. The molecule has 0 aliphatic carbocycles. The Hall–Kier alpha value is -2.34. The minimum absolute atomic E-state index is 0.0872. The van der Waals surface area contributed by atoms with Crippen LogP contribution in [-0.2, 0) is 11.4 Å². The minimum Gasteiger partial charge on any atom is -0.488 e. The molecule has 6 heteroatoms. The second kappa shape index (κ2) is 6.28. The molecule has 0 spiro atoms. The van der Waals surface area contributed by atoms with Crippen molar-refractivity contribution < 1.29 is 14.3 Å². The van der Waals surface area contributed by atoms with Crippen LogP contribution in [0.4, 0.5) is 0 Å². The first-order chi connectivity index (χ1) is 11.7. The second-order valence-electron chi connectivity index (χ2n) is 6.06. The maximum absolute atomic E-state index is 12.6. The first-order valence-corrected chi connectivity index (χ1v) is 8.97. The molecule has 0 saturated carbocycles. The van der Waals surface area contributed by atoms with Crippen LogP contribution < -0.4 is 15.4 Å². The summed E-state index contributed by atoms with van der Waals surface area (Å²) in [6, 6.07) is 9.28. The molecule has 5 nitrogen and oxygen atoms in total. The van der Waals surface area contributed by atoms with Gasteiger partial charge in [-0.05, 0) is 37.5 Å². The topological polar surface area (TPSA) is 67.4 Å². The smallest absolute Gasteiger partial charge is 0.262 e. The fraction of sp³-hybridized carbons (Fsp3) is 0.333. The summed E-state index contributed by atoms with van der Waals surface area (Å²) < 4.78 is 5.74.